The Hall–Kier alpha value is -0.570. The fraction of sp³-hybridized carbons (Fsp3) is 0.857. The van der Waals surface area contributed by atoms with Gasteiger partial charge in [0, 0.05) is 6.72 Å². The Morgan fingerprint density at radius 1 is 1.30 bits per heavy atom. The molecule has 0 aromatic rings. The Labute approximate surface area is 62.1 Å². The highest BCUT2D eigenvalue weighted by molar-refractivity contribution is 5.22. The van der Waals surface area contributed by atoms with Crippen LogP contribution in [0.3, 0.4) is 0 Å². The predicted octanol–water partition coefficient (Wildman–Crippen LogP) is 0.741. The Morgan fingerprint density at radius 2 is 1.70 bits per heavy atom. The molecule has 0 aliphatic rings. The summed E-state index contributed by atoms with van der Waals surface area (Å²) in [5.74, 6) is 0. The van der Waals surface area contributed by atoms with Crippen molar-refractivity contribution in [1.29, 1.82) is 0 Å². The van der Waals surface area contributed by atoms with E-state index in [2.05, 4.69) is 17.2 Å². The molecule has 0 bridgehead atoms. The van der Waals surface area contributed by atoms with Gasteiger partial charge in [-0.15, -0.1) is 0 Å². The molecule has 0 unspecified atom stereocenters. The van der Waals surface area contributed by atoms with E-state index in [1.165, 1.54) is 0 Å². The smallest absolute Gasteiger partial charge is 0.0830 e. The number of hydrazone groups is 1. The average Bonchev–Trinajstić information content (AvgIpc) is 1.61. The molecule has 2 N–H and O–H groups in total. The van der Waals surface area contributed by atoms with Crippen molar-refractivity contribution < 1.29 is 5.11 Å². The summed E-state index contributed by atoms with van der Waals surface area (Å²) in [7, 11) is 0. The summed E-state index contributed by atoms with van der Waals surface area (Å²) in [5, 5.41) is 13.0. The van der Waals surface area contributed by atoms with Gasteiger partial charge in [-0.2, -0.15) is 5.10 Å². The molecule has 3 nitrogen and oxygen atoms in total. The summed E-state index contributed by atoms with van der Waals surface area (Å²) in [5.41, 5.74) is 1.49. The van der Waals surface area contributed by atoms with Crippen LogP contribution in [0, 0.1) is 0 Å². The van der Waals surface area contributed by atoms with Crippen LogP contribution in [0.2, 0.25) is 0 Å². The minimum absolute atomic E-state index is 0.436. The van der Waals surface area contributed by atoms with E-state index in [4.69, 9.17) is 0 Å². The van der Waals surface area contributed by atoms with Crippen molar-refractivity contribution in [2.75, 3.05) is 0 Å². The average molecular weight is 144 g/mol. The van der Waals surface area contributed by atoms with Gasteiger partial charge < -0.3 is 10.5 Å². The largest absolute Gasteiger partial charge is 0.388 e. The molecule has 0 heterocycles. The number of nitrogens with zero attached hydrogens (tertiary/aromatic N) is 1. The highest BCUT2D eigenvalue weighted by Crippen LogP contribution is 2.19. The van der Waals surface area contributed by atoms with Gasteiger partial charge in [0.25, 0.3) is 0 Å². The van der Waals surface area contributed by atoms with Crippen molar-refractivity contribution in [2.24, 2.45) is 5.10 Å². The molecule has 0 amide bonds. The van der Waals surface area contributed by atoms with Crippen LogP contribution < -0.4 is 5.43 Å². The Bertz CT molecular complexity index is 124. The van der Waals surface area contributed by atoms with Gasteiger partial charge in [0.2, 0.25) is 0 Å². The van der Waals surface area contributed by atoms with Crippen molar-refractivity contribution in [1.82, 2.24) is 5.43 Å². The van der Waals surface area contributed by atoms with Crippen LogP contribution in [0.1, 0.15) is 27.7 Å². The van der Waals surface area contributed by atoms with Crippen LogP contribution in [-0.2, 0) is 0 Å². The third-order valence-corrected chi connectivity index (χ3v) is 1.89. The minimum Gasteiger partial charge on any atom is -0.388 e. The standard InChI is InChI=1S/C7H16N2O/c1-6(2,9-8-5)7(3,4)10/h9-10H,5H2,1-4H3. The van der Waals surface area contributed by atoms with E-state index in [1.54, 1.807) is 13.8 Å². The maximum absolute atomic E-state index is 9.53. The van der Waals surface area contributed by atoms with Gasteiger partial charge >= 0.3 is 0 Å². The van der Waals surface area contributed by atoms with Crippen LogP contribution in [-0.4, -0.2) is 23.0 Å². The van der Waals surface area contributed by atoms with Gasteiger partial charge in [-0.05, 0) is 27.7 Å². The van der Waals surface area contributed by atoms with Gasteiger partial charge in [0.1, 0.15) is 0 Å². The first-order chi connectivity index (χ1) is 4.31. The highest BCUT2D eigenvalue weighted by Gasteiger charge is 2.34. The van der Waals surface area contributed by atoms with Crippen molar-refractivity contribution in [3.63, 3.8) is 0 Å². The van der Waals surface area contributed by atoms with E-state index in [1.807, 2.05) is 13.8 Å². The van der Waals surface area contributed by atoms with Crippen molar-refractivity contribution in [2.45, 2.75) is 38.8 Å². The molecule has 60 valence electrons. The number of aliphatic hydroxyl groups is 1. The fourth-order valence-electron chi connectivity index (χ4n) is 0.334. The summed E-state index contributed by atoms with van der Waals surface area (Å²) >= 11 is 0. The van der Waals surface area contributed by atoms with Gasteiger partial charge in [-0.3, -0.25) is 0 Å². The lowest BCUT2D eigenvalue weighted by molar-refractivity contribution is -0.00375. The zero-order valence-electron chi connectivity index (χ0n) is 7.10. The maximum Gasteiger partial charge on any atom is 0.0830 e. The van der Waals surface area contributed by atoms with E-state index in [9.17, 15) is 5.11 Å². The van der Waals surface area contributed by atoms with Crippen LogP contribution in [0.5, 0.6) is 0 Å². The van der Waals surface area contributed by atoms with Crippen molar-refractivity contribution in [3.05, 3.63) is 0 Å². The first kappa shape index (κ1) is 9.43. The summed E-state index contributed by atoms with van der Waals surface area (Å²) in [6, 6.07) is 0. The molecule has 0 saturated carbocycles. The zero-order chi connectivity index (χ0) is 8.41. The molecule has 10 heavy (non-hydrogen) atoms. The van der Waals surface area contributed by atoms with Crippen LogP contribution in [0.4, 0.5) is 0 Å². The van der Waals surface area contributed by atoms with Crippen LogP contribution in [0.15, 0.2) is 5.10 Å². The molecule has 0 aliphatic heterocycles. The second-order valence-electron chi connectivity index (χ2n) is 3.45. The Kier molecular flexibility index (Phi) is 2.43. The van der Waals surface area contributed by atoms with E-state index in [-0.39, 0.29) is 0 Å². The van der Waals surface area contributed by atoms with Gasteiger partial charge in [0.15, 0.2) is 0 Å². The lowest BCUT2D eigenvalue weighted by atomic mass is 9.87. The fourth-order valence-corrected chi connectivity index (χ4v) is 0.334. The van der Waals surface area contributed by atoms with Crippen molar-refractivity contribution >= 4 is 6.72 Å². The quantitative estimate of drug-likeness (QED) is 0.453. The van der Waals surface area contributed by atoms with Crippen LogP contribution in [0.25, 0.3) is 0 Å². The molecule has 3 heteroatoms. The number of rotatable bonds is 3. The molecule has 0 rings (SSSR count). The second kappa shape index (κ2) is 2.58. The Balaban J connectivity index is 4.23. The summed E-state index contributed by atoms with van der Waals surface area (Å²) in [4.78, 5) is 0. The lowest BCUT2D eigenvalue weighted by Gasteiger charge is -2.36. The normalized spacial score (nSPS) is 12.9. The minimum atomic E-state index is -0.797. The van der Waals surface area contributed by atoms with E-state index >= 15 is 0 Å². The second-order valence-corrected chi connectivity index (χ2v) is 3.45. The van der Waals surface area contributed by atoms with E-state index in [0.29, 0.717) is 0 Å². The van der Waals surface area contributed by atoms with E-state index < -0.39 is 11.1 Å². The number of hydrogen-bond donors (Lipinski definition) is 2. The molecule has 0 aromatic heterocycles. The van der Waals surface area contributed by atoms with Gasteiger partial charge in [-0.25, -0.2) is 0 Å². The molecule has 0 fully saturated rings. The molecule has 0 spiro atoms. The van der Waals surface area contributed by atoms with Crippen molar-refractivity contribution in [3.8, 4) is 0 Å². The summed E-state index contributed by atoms with van der Waals surface area (Å²) < 4.78 is 0. The molecule has 0 aliphatic carbocycles. The summed E-state index contributed by atoms with van der Waals surface area (Å²) in [6.45, 7) is 10.5. The number of nitrogens with one attached hydrogen (secondary N) is 1. The predicted molar refractivity (Wildman–Crippen MR) is 43.1 cm³/mol. The first-order valence-corrected chi connectivity index (χ1v) is 3.26. The molecule has 0 aromatic carbocycles. The van der Waals surface area contributed by atoms with E-state index in [0.717, 1.165) is 0 Å². The van der Waals surface area contributed by atoms with Gasteiger partial charge in [-0.1, -0.05) is 0 Å². The molecule has 0 atom stereocenters. The molecule has 0 radical (unpaired) electrons. The third-order valence-electron chi connectivity index (χ3n) is 1.89. The lowest BCUT2D eigenvalue weighted by Crippen LogP contribution is -2.53. The Morgan fingerprint density at radius 3 is 1.80 bits per heavy atom. The molecule has 0 saturated heterocycles. The maximum atomic E-state index is 9.53. The van der Waals surface area contributed by atoms with Gasteiger partial charge in [0.05, 0.1) is 11.1 Å². The summed E-state index contributed by atoms with van der Waals surface area (Å²) in [6.07, 6.45) is 0. The monoisotopic (exact) mass is 144 g/mol. The SMILES string of the molecule is C=NNC(C)(C)C(C)(C)O. The zero-order valence-corrected chi connectivity index (χ0v) is 7.10. The molecular formula is C7H16N2O. The van der Waals surface area contributed by atoms with Crippen LogP contribution >= 0.6 is 0 Å². The third kappa shape index (κ3) is 1.99. The topological polar surface area (TPSA) is 44.6 Å². The molecular weight excluding hydrogens is 128 g/mol. The number of hydrogen-bond acceptors (Lipinski definition) is 3. The highest BCUT2D eigenvalue weighted by atomic mass is 16.3. The first-order valence-electron chi connectivity index (χ1n) is 3.26.